The van der Waals surface area contributed by atoms with E-state index < -0.39 is 0 Å². The second-order valence-corrected chi connectivity index (χ2v) is 5.37. The number of nitrogens with zero attached hydrogens (tertiary/aromatic N) is 2. The smallest absolute Gasteiger partial charge is 0.156 e. The van der Waals surface area contributed by atoms with Gasteiger partial charge in [-0.15, -0.1) is 5.10 Å². The predicted molar refractivity (Wildman–Crippen MR) is 78.0 cm³/mol. The molecule has 1 aromatic heterocycles. The summed E-state index contributed by atoms with van der Waals surface area (Å²) < 4.78 is 0. The lowest BCUT2D eigenvalue weighted by molar-refractivity contribution is 0.321. The largest absolute Gasteiger partial charge is 0.368 e. The molecule has 1 aromatic carbocycles. The highest BCUT2D eigenvalue weighted by molar-refractivity contribution is 5.90. The van der Waals surface area contributed by atoms with Crippen LogP contribution in [0.15, 0.2) is 30.5 Å². The van der Waals surface area contributed by atoms with Crippen molar-refractivity contribution in [1.29, 1.82) is 0 Å². The van der Waals surface area contributed by atoms with Crippen LogP contribution in [0.4, 0.5) is 5.82 Å². The highest BCUT2D eigenvalue weighted by Gasteiger charge is 2.21. The Morgan fingerprint density at radius 2 is 2.05 bits per heavy atom. The van der Waals surface area contributed by atoms with Crippen molar-refractivity contribution >= 4 is 16.6 Å². The number of benzene rings is 1. The van der Waals surface area contributed by atoms with E-state index in [1.54, 1.807) is 6.20 Å². The molecule has 0 radical (unpaired) electrons. The first-order valence-electron chi connectivity index (χ1n) is 7.04. The SMILES string of the molecule is NC1CCCCC1CNc1nncc2ccccc12. The fraction of sp³-hybridized carbons (Fsp3) is 0.467. The summed E-state index contributed by atoms with van der Waals surface area (Å²) >= 11 is 0. The minimum Gasteiger partial charge on any atom is -0.368 e. The van der Waals surface area contributed by atoms with Crippen LogP contribution in [0.5, 0.6) is 0 Å². The maximum absolute atomic E-state index is 6.18. The highest BCUT2D eigenvalue weighted by atomic mass is 15.2. The molecule has 2 aromatic rings. The maximum Gasteiger partial charge on any atom is 0.156 e. The van der Waals surface area contributed by atoms with Crippen molar-refractivity contribution in [2.75, 3.05) is 11.9 Å². The number of anilines is 1. The van der Waals surface area contributed by atoms with Crippen molar-refractivity contribution in [2.45, 2.75) is 31.7 Å². The van der Waals surface area contributed by atoms with E-state index in [2.05, 4.69) is 27.6 Å². The molecule has 0 saturated heterocycles. The van der Waals surface area contributed by atoms with Crippen LogP contribution in [-0.4, -0.2) is 22.8 Å². The summed E-state index contributed by atoms with van der Waals surface area (Å²) in [7, 11) is 0. The van der Waals surface area contributed by atoms with E-state index in [4.69, 9.17) is 5.73 Å². The number of hydrogen-bond donors (Lipinski definition) is 2. The van der Waals surface area contributed by atoms with E-state index in [1.807, 2.05) is 12.1 Å². The number of nitrogens with two attached hydrogens (primary N) is 1. The Morgan fingerprint density at radius 3 is 2.95 bits per heavy atom. The van der Waals surface area contributed by atoms with Crippen LogP contribution in [0, 0.1) is 5.92 Å². The van der Waals surface area contributed by atoms with E-state index >= 15 is 0 Å². The molecule has 3 N–H and O–H groups in total. The van der Waals surface area contributed by atoms with Gasteiger partial charge in [-0.3, -0.25) is 0 Å². The summed E-state index contributed by atoms with van der Waals surface area (Å²) in [6.07, 6.45) is 6.72. The molecule has 1 aliphatic carbocycles. The van der Waals surface area contributed by atoms with E-state index in [9.17, 15) is 0 Å². The molecule has 3 rings (SSSR count). The third-order valence-corrected chi connectivity index (χ3v) is 4.07. The lowest BCUT2D eigenvalue weighted by Crippen LogP contribution is -2.37. The summed E-state index contributed by atoms with van der Waals surface area (Å²) in [4.78, 5) is 0. The van der Waals surface area contributed by atoms with Gasteiger partial charge in [-0.2, -0.15) is 5.10 Å². The zero-order valence-corrected chi connectivity index (χ0v) is 11.0. The van der Waals surface area contributed by atoms with Gasteiger partial charge < -0.3 is 11.1 Å². The molecule has 1 saturated carbocycles. The minimum absolute atomic E-state index is 0.323. The second-order valence-electron chi connectivity index (χ2n) is 5.37. The van der Waals surface area contributed by atoms with Crippen LogP contribution in [0.3, 0.4) is 0 Å². The molecule has 4 nitrogen and oxygen atoms in total. The maximum atomic E-state index is 6.18. The quantitative estimate of drug-likeness (QED) is 0.886. The van der Waals surface area contributed by atoms with Gasteiger partial charge in [0, 0.05) is 23.4 Å². The molecule has 4 heteroatoms. The van der Waals surface area contributed by atoms with Gasteiger partial charge in [0.1, 0.15) is 0 Å². The molecule has 19 heavy (non-hydrogen) atoms. The molecule has 0 amide bonds. The Morgan fingerprint density at radius 1 is 1.21 bits per heavy atom. The molecule has 2 unspecified atom stereocenters. The van der Waals surface area contributed by atoms with Gasteiger partial charge in [0.05, 0.1) is 6.20 Å². The van der Waals surface area contributed by atoms with E-state index in [1.165, 1.54) is 19.3 Å². The summed E-state index contributed by atoms with van der Waals surface area (Å²) in [5, 5.41) is 13.9. The van der Waals surface area contributed by atoms with Crippen molar-refractivity contribution in [1.82, 2.24) is 10.2 Å². The second kappa shape index (κ2) is 5.53. The first-order chi connectivity index (χ1) is 9.34. The molecule has 0 bridgehead atoms. The van der Waals surface area contributed by atoms with Gasteiger partial charge in [-0.1, -0.05) is 37.1 Å². The zero-order chi connectivity index (χ0) is 13.1. The van der Waals surface area contributed by atoms with E-state index in [-0.39, 0.29) is 0 Å². The van der Waals surface area contributed by atoms with E-state index in [0.29, 0.717) is 12.0 Å². The molecule has 2 atom stereocenters. The van der Waals surface area contributed by atoms with Crippen LogP contribution in [0.1, 0.15) is 25.7 Å². The molecular formula is C15H20N4. The van der Waals surface area contributed by atoms with E-state index in [0.717, 1.165) is 29.6 Å². The summed E-state index contributed by atoms with van der Waals surface area (Å²) in [5.74, 6) is 1.42. The number of fused-ring (bicyclic) bond motifs is 1. The first kappa shape index (κ1) is 12.4. The normalized spacial score (nSPS) is 23.4. The van der Waals surface area contributed by atoms with Crippen LogP contribution >= 0.6 is 0 Å². The topological polar surface area (TPSA) is 63.8 Å². The Labute approximate surface area is 113 Å². The van der Waals surface area contributed by atoms with Crippen LogP contribution < -0.4 is 11.1 Å². The Bertz CT molecular complexity index is 549. The summed E-state index contributed by atoms with van der Waals surface area (Å²) in [6, 6.07) is 8.50. The van der Waals surface area contributed by atoms with Crippen LogP contribution in [-0.2, 0) is 0 Å². The van der Waals surface area contributed by atoms with Gasteiger partial charge in [-0.25, -0.2) is 0 Å². The molecule has 0 spiro atoms. The molecule has 1 aliphatic rings. The predicted octanol–water partition coefficient (Wildman–Crippen LogP) is 2.56. The highest BCUT2D eigenvalue weighted by Crippen LogP contribution is 2.24. The average Bonchev–Trinajstić information content (AvgIpc) is 2.46. The number of nitrogens with one attached hydrogen (secondary N) is 1. The standard InChI is InChI=1S/C15H20N4/c16-14-8-4-2-6-12(14)9-17-15-13-7-3-1-5-11(13)10-18-19-15/h1,3,5,7,10,12,14H,2,4,6,8-9,16H2,(H,17,19). The van der Waals surface area contributed by atoms with Gasteiger partial charge in [-0.05, 0) is 18.8 Å². The molecular weight excluding hydrogens is 236 g/mol. The van der Waals surface area contributed by atoms with Crippen molar-refractivity contribution in [3.63, 3.8) is 0 Å². The minimum atomic E-state index is 0.323. The Hall–Kier alpha value is -1.68. The molecule has 1 heterocycles. The van der Waals surface area contributed by atoms with Gasteiger partial charge in [0.15, 0.2) is 5.82 Å². The summed E-state index contributed by atoms with van der Waals surface area (Å²) in [6.45, 7) is 0.893. The lowest BCUT2D eigenvalue weighted by atomic mass is 9.85. The molecule has 1 fully saturated rings. The van der Waals surface area contributed by atoms with Crippen LogP contribution in [0.2, 0.25) is 0 Å². The molecule has 0 aliphatic heterocycles. The van der Waals surface area contributed by atoms with Gasteiger partial charge in [0.25, 0.3) is 0 Å². The Balaban J connectivity index is 1.74. The third kappa shape index (κ3) is 2.68. The van der Waals surface area contributed by atoms with Gasteiger partial charge in [0.2, 0.25) is 0 Å². The van der Waals surface area contributed by atoms with Crippen molar-refractivity contribution in [3.05, 3.63) is 30.5 Å². The van der Waals surface area contributed by atoms with Gasteiger partial charge >= 0.3 is 0 Å². The van der Waals surface area contributed by atoms with Crippen molar-refractivity contribution in [2.24, 2.45) is 11.7 Å². The Kier molecular flexibility index (Phi) is 3.60. The number of rotatable bonds is 3. The number of aromatic nitrogens is 2. The third-order valence-electron chi connectivity index (χ3n) is 4.07. The number of hydrogen-bond acceptors (Lipinski definition) is 4. The fourth-order valence-corrected chi connectivity index (χ4v) is 2.88. The molecule has 100 valence electrons. The average molecular weight is 256 g/mol. The van der Waals surface area contributed by atoms with Crippen LogP contribution in [0.25, 0.3) is 10.8 Å². The first-order valence-corrected chi connectivity index (χ1v) is 7.04. The zero-order valence-electron chi connectivity index (χ0n) is 11.0. The van der Waals surface area contributed by atoms with Crippen molar-refractivity contribution in [3.8, 4) is 0 Å². The monoisotopic (exact) mass is 256 g/mol. The summed E-state index contributed by atoms with van der Waals surface area (Å²) in [5.41, 5.74) is 6.18. The fourth-order valence-electron chi connectivity index (χ4n) is 2.88. The lowest BCUT2D eigenvalue weighted by Gasteiger charge is -2.28. The van der Waals surface area contributed by atoms with Crippen molar-refractivity contribution < 1.29 is 0 Å².